The molecule has 0 aromatic carbocycles. The van der Waals surface area contributed by atoms with Gasteiger partial charge in [-0.25, -0.2) is 4.98 Å². The Morgan fingerprint density at radius 2 is 2.21 bits per heavy atom. The van der Waals surface area contributed by atoms with Crippen molar-refractivity contribution in [2.75, 3.05) is 5.73 Å². The number of aliphatic carboxylic acids is 1. The van der Waals surface area contributed by atoms with E-state index >= 15 is 0 Å². The molecule has 76 valence electrons. The topological polar surface area (TPSA) is 76.2 Å². The van der Waals surface area contributed by atoms with Gasteiger partial charge in [-0.05, 0) is 26.0 Å². The molecule has 14 heavy (non-hydrogen) atoms. The smallest absolute Gasteiger partial charge is 0.319 e. The first-order valence-corrected chi connectivity index (χ1v) is 4.87. The number of hydrogen-bond donors (Lipinski definition) is 2. The van der Waals surface area contributed by atoms with Gasteiger partial charge in [0.25, 0.3) is 0 Å². The van der Waals surface area contributed by atoms with Crippen molar-refractivity contribution < 1.29 is 9.90 Å². The van der Waals surface area contributed by atoms with Gasteiger partial charge >= 0.3 is 5.97 Å². The number of hydrogen-bond acceptors (Lipinski definition) is 4. The summed E-state index contributed by atoms with van der Waals surface area (Å²) in [5.74, 6) is -0.860. The van der Waals surface area contributed by atoms with Gasteiger partial charge < -0.3 is 10.8 Å². The molecule has 0 bridgehead atoms. The van der Waals surface area contributed by atoms with Crippen LogP contribution in [0.5, 0.6) is 0 Å². The van der Waals surface area contributed by atoms with Crippen LogP contribution in [0.2, 0.25) is 0 Å². The third-order valence-electron chi connectivity index (χ3n) is 1.63. The molecular formula is C9H12N2O2S. The maximum atomic E-state index is 10.8. The van der Waals surface area contributed by atoms with Gasteiger partial charge in [-0.15, -0.1) is 0 Å². The molecule has 0 radical (unpaired) electrons. The molecule has 0 unspecified atom stereocenters. The minimum atomic E-state index is -0.872. The molecule has 0 saturated heterocycles. The third kappa shape index (κ3) is 2.63. The van der Waals surface area contributed by atoms with Crippen LogP contribution >= 0.6 is 11.8 Å². The molecule has 1 heterocycles. The van der Waals surface area contributed by atoms with Gasteiger partial charge in [0.1, 0.15) is 4.75 Å². The van der Waals surface area contributed by atoms with Crippen molar-refractivity contribution in [3.63, 3.8) is 0 Å². The fraction of sp³-hybridized carbons (Fsp3) is 0.333. The lowest BCUT2D eigenvalue weighted by atomic mass is 10.2. The second-order valence-electron chi connectivity index (χ2n) is 3.35. The van der Waals surface area contributed by atoms with Crippen LogP contribution in [0.3, 0.4) is 0 Å². The molecule has 0 aliphatic heterocycles. The van der Waals surface area contributed by atoms with Crippen molar-refractivity contribution in [1.29, 1.82) is 0 Å². The molecule has 4 nitrogen and oxygen atoms in total. The molecule has 1 aromatic heterocycles. The Labute approximate surface area is 86.5 Å². The SMILES string of the molecule is CC(C)(Sc1ccc(N)cn1)C(=O)O. The van der Waals surface area contributed by atoms with Crippen LogP contribution in [0.1, 0.15) is 13.8 Å². The summed E-state index contributed by atoms with van der Waals surface area (Å²) in [5, 5.41) is 9.54. The van der Waals surface area contributed by atoms with Crippen LogP contribution in [0, 0.1) is 0 Å². The predicted molar refractivity (Wildman–Crippen MR) is 56.2 cm³/mol. The zero-order valence-electron chi connectivity index (χ0n) is 8.02. The third-order valence-corrected chi connectivity index (χ3v) is 2.77. The van der Waals surface area contributed by atoms with Gasteiger partial charge in [-0.2, -0.15) is 0 Å². The van der Waals surface area contributed by atoms with Gasteiger partial charge in [0, 0.05) is 0 Å². The van der Waals surface area contributed by atoms with E-state index in [1.807, 2.05) is 0 Å². The van der Waals surface area contributed by atoms with Crippen LogP contribution in [-0.4, -0.2) is 20.8 Å². The quantitative estimate of drug-likeness (QED) is 0.744. The number of nitrogens with two attached hydrogens (primary N) is 1. The number of aromatic nitrogens is 1. The molecule has 0 spiro atoms. The second kappa shape index (κ2) is 3.88. The molecule has 0 atom stereocenters. The molecular weight excluding hydrogens is 200 g/mol. The normalized spacial score (nSPS) is 11.3. The zero-order valence-corrected chi connectivity index (χ0v) is 8.84. The fourth-order valence-electron chi connectivity index (χ4n) is 0.757. The first-order valence-electron chi connectivity index (χ1n) is 4.06. The van der Waals surface area contributed by atoms with Gasteiger partial charge in [0.2, 0.25) is 0 Å². The Morgan fingerprint density at radius 3 is 2.64 bits per heavy atom. The summed E-state index contributed by atoms with van der Waals surface area (Å²) in [5.41, 5.74) is 6.03. The largest absolute Gasteiger partial charge is 0.480 e. The fourth-order valence-corrected chi connectivity index (χ4v) is 1.61. The van der Waals surface area contributed by atoms with E-state index in [-0.39, 0.29) is 0 Å². The summed E-state index contributed by atoms with van der Waals surface area (Å²) in [6.07, 6.45) is 1.51. The number of rotatable bonds is 3. The van der Waals surface area contributed by atoms with Gasteiger partial charge in [0.15, 0.2) is 0 Å². The lowest BCUT2D eigenvalue weighted by Crippen LogP contribution is -2.27. The van der Waals surface area contributed by atoms with Crippen LogP contribution in [-0.2, 0) is 4.79 Å². The van der Waals surface area contributed by atoms with Gasteiger partial charge in [-0.1, -0.05) is 11.8 Å². The number of pyridine rings is 1. The Hall–Kier alpha value is -1.23. The summed E-state index contributed by atoms with van der Waals surface area (Å²) in [6.45, 7) is 3.27. The molecule has 0 aliphatic rings. The first-order chi connectivity index (χ1) is 6.42. The van der Waals surface area contributed by atoms with E-state index in [0.717, 1.165) is 0 Å². The molecule has 1 aromatic rings. The molecule has 0 fully saturated rings. The lowest BCUT2D eigenvalue weighted by Gasteiger charge is -2.17. The number of nitrogens with zero attached hydrogens (tertiary/aromatic N) is 1. The molecule has 0 amide bonds. The lowest BCUT2D eigenvalue weighted by molar-refractivity contribution is -0.138. The highest BCUT2D eigenvalue weighted by atomic mass is 32.2. The zero-order chi connectivity index (χ0) is 10.8. The average Bonchev–Trinajstić information content (AvgIpc) is 2.08. The monoisotopic (exact) mass is 212 g/mol. The van der Waals surface area contributed by atoms with Crippen molar-refractivity contribution in [3.8, 4) is 0 Å². The number of carboxylic acid groups (broad SMARTS) is 1. The number of carbonyl (C=O) groups is 1. The van der Waals surface area contributed by atoms with Crippen LogP contribution in [0.25, 0.3) is 0 Å². The molecule has 5 heteroatoms. The van der Waals surface area contributed by atoms with Crippen molar-refractivity contribution in [2.45, 2.75) is 23.6 Å². The van der Waals surface area contributed by atoms with Crippen molar-refractivity contribution in [2.24, 2.45) is 0 Å². The van der Waals surface area contributed by atoms with Crippen LogP contribution in [0.4, 0.5) is 5.69 Å². The maximum absolute atomic E-state index is 10.8. The van der Waals surface area contributed by atoms with E-state index in [2.05, 4.69) is 4.98 Å². The van der Waals surface area contributed by atoms with Gasteiger partial charge in [-0.3, -0.25) is 4.79 Å². The van der Waals surface area contributed by atoms with E-state index in [0.29, 0.717) is 10.7 Å². The minimum Gasteiger partial charge on any atom is -0.480 e. The molecule has 0 saturated carbocycles. The van der Waals surface area contributed by atoms with Crippen LogP contribution < -0.4 is 5.73 Å². The second-order valence-corrected chi connectivity index (χ2v) is 4.99. The van der Waals surface area contributed by atoms with E-state index in [1.165, 1.54) is 18.0 Å². The molecule has 1 rings (SSSR count). The Kier molecular flexibility index (Phi) is 3.00. The molecule has 3 N–H and O–H groups in total. The number of anilines is 1. The van der Waals surface area contributed by atoms with E-state index in [1.54, 1.807) is 26.0 Å². The van der Waals surface area contributed by atoms with Gasteiger partial charge in [0.05, 0.1) is 16.9 Å². The predicted octanol–water partition coefficient (Wildman–Crippen LogP) is 1.62. The summed E-state index contributed by atoms with van der Waals surface area (Å²) in [7, 11) is 0. The first kappa shape index (κ1) is 10.8. The van der Waals surface area contributed by atoms with Crippen molar-refractivity contribution in [1.82, 2.24) is 4.98 Å². The highest BCUT2D eigenvalue weighted by Gasteiger charge is 2.28. The number of thioether (sulfide) groups is 1. The highest BCUT2D eigenvalue weighted by Crippen LogP contribution is 2.31. The average molecular weight is 212 g/mol. The summed E-state index contributed by atoms with van der Waals surface area (Å²) < 4.78 is -0.872. The van der Waals surface area contributed by atoms with Crippen LogP contribution in [0.15, 0.2) is 23.4 Å². The Balaban J connectivity index is 2.79. The highest BCUT2D eigenvalue weighted by molar-refractivity contribution is 8.01. The van der Waals surface area contributed by atoms with E-state index in [9.17, 15) is 4.79 Å². The number of carboxylic acids is 1. The summed E-state index contributed by atoms with van der Waals surface area (Å²) in [6, 6.07) is 3.41. The summed E-state index contributed by atoms with van der Waals surface area (Å²) >= 11 is 1.20. The van der Waals surface area contributed by atoms with E-state index in [4.69, 9.17) is 10.8 Å². The van der Waals surface area contributed by atoms with Crippen molar-refractivity contribution in [3.05, 3.63) is 18.3 Å². The summed E-state index contributed by atoms with van der Waals surface area (Å²) in [4.78, 5) is 14.8. The standard InChI is InChI=1S/C9H12N2O2S/c1-9(2,8(12)13)14-7-4-3-6(10)5-11-7/h3-5H,10H2,1-2H3,(H,12,13). The number of nitrogen functional groups attached to an aromatic ring is 1. The Morgan fingerprint density at radius 1 is 1.57 bits per heavy atom. The van der Waals surface area contributed by atoms with Crippen molar-refractivity contribution >= 4 is 23.4 Å². The Bertz CT molecular complexity index is 335. The molecule has 0 aliphatic carbocycles. The maximum Gasteiger partial charge on any atom is 0.319 e. The minimum absolute atomic E-state index is 0.572. The van der Waals surface area contributed by atoms with E-state index < -0.39 is 10.7 Å².